The topological polar surface area (TPSA) is 77.8 Å². The van der Waals surface area contributed by atoms with E-state index in [0.717, 1.165) is 9.40 Å². The van der Waals surface area contributed by atoms with Gasteiger partial charge in [0.1, 0.15) is 11.0 Å². The fourth-order valence-electron chi connectivity index (χ4n) is 1.48. The molecule has 2 aromatic heterocycles. The first kappa shape index (κ1) is 10.3. The van der Waals surface area contributed by atoms with E-state index in [9.17, 15) is 0 Å². The smallest absolute Gasteiger partial charge is 0.181 e. The minimum Gasteiger partial charge on any atom is -0.375 e. The van der Waals surface area contributed by atoms with Gasteiger partial charge in [0.15, 0.2) is 10.3 Å². The zero-order chi connectivity index (χ0) is 11.4. The van der Waals surface area contributed by atoms with E-state index < -0.39 is 0 Å². The van der Waals surface area contributed by atoms with E-state index in [1.165, 1.54) is 22.7 Å². The Kier molecular flexibility index (Phi) is 2.16. The first-order valence-corrected chi connectivity index (χ1v) is 6.56. The standard InChI is InChI=1S/C8H4Cl2N4S2/c9-1-3-6(16-7(11)13-3)2(10)4-5(1)15-8(12)14-4/h(H2,11,13)(H2,12,14). The Morgan fingerprint density at radius 1 is 0.812 bits per heavy atom. The van der Waals surface area contributed by atoms with Crippen molar-refractivity contribution in [2.45, 2.75) is 0 Å². The quantitative estimate of drug-likeness (QED) is 0.665. The number of nitrogen functional groups attached to an aromatic ring is 2. The second kappa shape index (κ2) is 3.33. The number of aromatic nitrogens is 2. The molecular formula is C8H4Cl2N4S2. The molecule has 0 aliphatic rings. The highest BCUT2D eigenvalue weighted by atomic mass is 35.5. The van der Waals surface area contributed by atoms with E-state index in [4.69, 9.17) is 34.7 Å². The van der Waals surface area contributed by atoms with Crippen LogP contribution in [0.1, 0.15) is 0 Å². The van der Waals surface area contributed by atoms with Crippen LogP contribution in [0, 0.1) is 0 Å². The Morgan fingerprint density at radius 3 is 1.56 bits per heavy atom. The lowest BCUT2D eigenvalue weighted by Crippen LogP contribution is -1.81. The lowest BCUT2D eigenvalue weighted by molar-refractivity contribution is 1.49. The summed E-state index contributed by atoms with van der Waals surface area (Å²) in [6.45, 7) is 0. The first-order chi connectivity index (χ1) is 7.58. The third-order valence-corrected chi connectivity index (χ3v) is 4.87. The fourth-order valence-corrected chi connectivity index (χ4v) is 3.83. The molecule has 0 bridgehead atoms. The molecule has 0 aliphatic carbocycles. The Hall–Kier alpha value is -0.820. The number of benzene rings is 1. The molecule has 16 heavy (non-hydrogen) atoms. The molecular weight excluding hydrogens is 287 g/mol. The van der Waals surface area contributed by atoms with Gasteiger partial charge >= 0.3 is 0 Å². The third kappa shape index (κ3) is 1.27. The van der Waals surface area contributed by atoms with E-state index in [0.29, 0.717) is 31.3 Å². The highest BCUT2D eigenvalue weighted by Crippen LogP contribution is 2.44. The first-order valence-electron chi connectivity index (χ1n) is 4.17. The highest BCUT2D eigenvalue weighted by molar-refractivity contribution is 7.24. The van der Waals surface area contributed by atoms with E-state index >= 15 is 0 Å². The van der Waals surface area contributed by atoms with Gasteiger partial charge in [0.2, 0.25) is 0 Å². The van der Waals surface area contributed by atoms with Crippen LogP contribution in [0.5, 0.6) is 0 Å². The summed E-state index contributed by atoms with van der Waals surface area (Å²) in [7, 11) is 0. The zero-order valence-electron chi connectivity index (χ0n) is 7.62. The summed E-state index contributed by atoms with van der Waals surface area (Å²) in [5.74, 6) is 0. The number of hydrogen-bond acceptors (Lipinski definition) is 6. The molecule has 0 amide bonds. The second-order valence-electron chi connectivity index (χ2n) is 3.09. The van der Waals surface area contributed by atoms with Gasteiger partial charge in [0.25, 0.3) is 0 Å². The van der Waals surface area contributed by atoms with Crippen molar-refractivity contribution < 1.29 is 0 Å². The molecule has 82 valence electrons. The highest BCUT2D eigenvalue weighted by Gasteiger charge is 2.18. The Balaban J connectivity index is 2.63. The number of halogens is 2. The van der Waals surface area contributed by atoms with Gasteiger partial charge in [-0.15, -0.1) is 0 Å². The molecule has 0 spiro atoms. The molecule has 0 unspecified atom stereocenters. The number of thiazole rings is 2. The van der Waals surface area contributed by atoms with E-state index in [-0.39, 0.29) is 0 Å². The molecule has 0 saturated carbocycles. The largest absolute Gasteiger partial charge is 0.375 e. The summed E-state index contributed by atoms with van der Waals surface area (Å²) in [6, 6.07) is 0. The molecule has 0 saturated heterocycles. The summed E-state index contributed by atoms with van der Waals surface area (Å²) in [6.07, 6.45) is 0. The van der Waals surface area contributed by atoms with Gasteiger partial charge in [-0.2, -0.15) is 0 Å². The van der Waals surface area contributed by atoms with Gasteiger partial charge in [-0.25, -0.2) is 9.97 Å². The van der Waals surface area contributed by atoms with Crippen LogP contribution in [0.2, 0.25) is 10.0 Å². The van der Waals surface area contributed by atoms with Crippen LogP contribution in [0.25, 0.3) is 20.4 Å². The van der Waals surface area contributed by atoms with Gasteiger partial charge in [-0.3, -0.25) is 0 Å². The predicted octanol–water partition coefficient (Wildman–Crippen LogP) is 3.38. The van der Waals surface area contributed by atoms with Gasteiger partial charge in [-0.1, -0.05) is 45.9 Å². The van der Waals surface area contributed by atoms with E-state index in [2.05, 4.69) is 9.97 Å². The molecule has 4 nitrogen and oxygen atoms in total. The molecule has 0 fully saturated rings. The molecule has 3 aromatic rings. The minimum atomic E-state index is 0.435. The van der Waals surface area contributed by atoms with Crippen LogP contribution >= 0.6 is 45.9 Å². The van der Waals surface area contributed by atoms with Crippen molar-refractivity contribution in [1.82, 2.24) is 9.97 Å². The van der Waals surface area contributed by atoms with Crippen molar-refractivity contribution in [3.63, 3.8) is 0 Å². The van der Waals surface area contributed by atoms with Gasteiger partial charge < -0.3 is 11.5 Å². The Morgan fingerprint density at radius 2 is 1.19 bits per heavy atom. The maximum Gasteiger partial charge on any atom is 0.181 e. The maximum atomic E-state index is 6.22. The van der Waals surface area contributed by atoms with Crippen molar-refractivity contribution in [3.05, 3.63) is 10.0 Å². The predicted molar refractivity (Wildman–Crippen MR) is 71.6 cm³/mol. The lowest BCUT2D eigenvalue weighted by Gasteiger charge is -1.97. The van der Waals surface area contributed by atoms with Crippen molar-refractivity contribution in [2.75, 3.05) is 11.5 Å². The van der Waals surface area contributed by atoms with Gasteiger partial charge in [-0.05, 0) is 0 Å². The SMILES string of the molecule is Nc1nc2c(Cl)c3sc(N)nc3c(Cl)c2s1. The monoisotopic (exact) mass is 290 g/mol. The lowest BCUT2D eigenvalue weighted by atomic mass is 10.3. The van der Waals surface area contributed by atoms with Crippen LogP contribution in [0.15, 0.2) is 0 Å². The summed E-state index contributed by atoms with van der Waals surface area (Å²) < 4.78 is 1.50. The summed E-state index contributed by atoms with van der Waals surface area (Å²) in [4.78, 5) is 8.30. The molecule has 0 aliphatic heterocycles. The average Bonchev–Trinajstić information content (AvgIpc) is 2.78. The summed E-state index contributed by atoms with van der Waals surface area (Å²) >= 11 is 15.0. The molecule has 0 radical (unpaired) electrons. The maximum absolute atomic E-state index is 6.22. The normalized spacial score (nSPS) is 11.6. The van der Waals surface area contributed by atoms with Crippen molar-refractivity contribution in [2.24, 2.45) is 0 Å². The minimum absolute atomic E-state index is 0.435. The molecule has 0 atom stereocenters. The fraction of sp³-hybridized carbons (Fsp3) is 0. The van der Waals surface area contributed by atoms with Crippen LogP contribution < -0.4 is 11.5 Å². The molecule has 8 heteroatoms. The number of nitrogens with two attached hydrogens (primary N) is 2. The number of rotatable bonds is 0. The third-order valence-electron chi connectivity index (χ3n) is 2.10. The summed E-state index contributed by atoms with van der Waals surface area (Å²) in [5.41, 5.74) is 12.5. The molecule has 3 rings (SSSR count). The van der Waals surface area contributed by atoms with Crippen LogP contribution in [0.3, 0.4) is 0 Å². The van der Waals surface area contributed by atoms with Gasteiger partial charge in [0.05, 0.1) is 19.4 Å². The van der Waals surface area contributed by atoms with Crippen molar-refractivity contribution >= 4 is 76.6 Å². The van der Waals surface area contributed by atoms with E-state index in [1.807, 2.05) is 0 Å². The Labute approximate surface area is 108 Å². The van der Waals surface area contributed by atoms with Gasteiger partial charge in [0, 0.05) is 0 Å². The van der Waals surface area contributed by atoms with E-state index in [1.54, 1.807) is 0 Å². The number of nitrogens with zero attached hydrogens (tertiary/aromatic N) is 2. The van der Waals surface area contributed by atoms with Crippen LogP contribution in [0.4, 0.5) is 10.3 Å². The van der Waals surface area contributed by atoms with Crippen LogP contribution in [-0.2, 0) is 0 Å². The number of hydrogen-bond donors (Lipinski definition) is 2. The zero-order valence-corrected chi connectivity index (χ0v) is 10.8. The average molecular weight is 291 g/mol. The Bertz CT molecular complexity index is 603. The van der Waals surface area contributed by atoms with Crippen LogP contribution in [-0.4, -0.2) is 9.97 Å². The number of anilines is 2. The molecule has 2 heterocycles. The van der Waals surface area contributed by atoms with Crippen molar-refractivity contribution in [1.29, 1.82) is 0 Å². The molecule has 4 N–H and O–H groups in total. The van der Waals surface area contributed by atoms with Crippen molar-refractivity contribution in [3.8, 4) is 0 Å². The molecule has 1 aromatic carbocycles. The second-order valence-corrected chi connectivity index (χ2v) is 5.90. The number of fused-ring (bicyclic) bond motifs is 2. The summed E-state index contributed by atoms with van der Waals surface area (Å²) in [5, 5.41) is 1.89.